The van der Waals surface area contributed by atoms with Crippen LogP contribution in [0.25, 0.3) is 10.8 Å². The lowest BCUT2D eigenvalue weighted by Crippen LogP contribution is -2.56. The molecule has 0 spiro atoms. The predicted molar refractivity (Wildman–Crippen MR) is 126 cm³/mol. The summed E-state index contributed by atoms with van der Waals surface area (Å²) in [7, 11) is 0. The van der Waals surface area contributed by atoms with E-state index in [1.807, 2.05) is 61.5 Å². The number of aryl methyl sites for hydroxylation is 1. The number of carbonyl (C=O) groups is 1. The summed E-state index contributed by atoms with van der Waals surface area (Å²) in [5.74, 6) is -0.385. The number of halogens is 3. The molecule has 4 nitrogen and oxygen atoms in total. The molecule has 3 aromatic rings. The van der Waals surface area contributed by atoms with Crippen LogP contribution >= 0.6 is 47.0 Å². The van der Waals surface area contributed by atoms with Gasteiger partial charge in [0.15, 0.2) is 5.11 Å². The lowest BCUT2D eigenvalue weighted by atomic mass is 10.0. The fraction of sp³-hybridized carbons (Fsp3) is 0.143. The van der Waals surface area contributed by atoms with Gasteiger partial charge in [-0.25, -0.2) is 0 Å². The maximum atomic E-state index is 12.9. The number of anilines is 1. The second-order valence-corrected chi connectivity index (χ2v) is 9.22. The van der Waals surface area contributed by atoms with E-state index < -0.39 is 9.96 Å². The van der Waals surface area contributed by atoms with Crippen LogP contribution in [0.2, 0.25) is 0 Å². The number of nitrogens with one attached hydrogen (secondary N) is 3. The van der Waals surface area contributed by atoms with Crippen molar-refractivity contribution in [3.05, 3.63) is 77.9 Å². The predicted octanol–water partition coefficient (Wildman–Crippen LogP) is 5.56. The summed E-state index contributed by atoms with van der Waals surface area (Å²) in [5, 5.41) is 10.5. The lowest BCUT2D eigenvalue weighted by molar-refractivity contribution is 0.0936. The Labute approximate surface area is 189 Å². The molecular weight excluding hydrogens is 449 g/mol. The van der Waals surface area contributed by atoms with E-state index in [0.29, 0.717) is 5.56 Å². The number of benzene rings is 3. The second-order valence-electron chi connectivity index (χ2n) is 6.44. The van der Waals surface area contributed by atoms with E-state index in [1.165, 1.54) is 0 Å². The van der Waals surface area contributed by atoms with Gasteiger partial charge in [0.05, 0.1) is 0 Å². The van der Waals surface area contributed by atoms with E-state index >= 15 is 0 Å². The summed E-state index contributed by atoms with van der Waals surface area (Å²) in [4.78, 5) is 12.9. The van der Waals surface area contributed by atoms with Crippen LogP contribution in [0.3, 0.4) is 0 Å². The molecule has 150 valence electrons. The Bertz CT molecular complexity index is 1030. The van der Waals surface area contributed by atoms with E-state index in [2.05, 4.69) is 16.0 Å². The molecule has 3 rings (SSSR count). The van der Waals surface area contributed by atoms with Crippen LogP contribution in [0.1, 0.15) is 15.9 Å². The zero-order valence-electron chi connectivity index (χ0n) is 15.4. The molecule has 8 heteroatoms. The fourth-order valence-electron chi connectivity index (χ4n) is 2.77. The summed E-state index contributed by atoms with van der Waals surface area (Å²) in [5.41, 5.74) is 2.37. The molecule has 3 N–H and O–H groups in total. The molecule has 0 saturated heterocycles. The van der Waals surface area contributed by atoms with Gasteiger partial charge in [0, 0.05) is 11.3 Å². The van der Waals surface area contributed by atoms with Crippen molar-refractivity contribution in [2.24, 2.45) is 0 Å². The Hall–Kier alpha value is -2.05. The van der Waals surface area contributed by atoms with Crippen molar-refractivity contribution in [2.75, 3.05) is 5.32 Å². The SMILES string of the molecule is Cc1ccc(NC(=S)NC(NC(=O)c2cccc3ccccc23)C(Cl)(Cl)Cl)cc1. The number of rotatable bonds is 4. The smallest absolute Gasteiger partial charge is 0.253 e. The summed E-state index contributed by atoms with van der Waals surface area (Å²) < 4.78 is -1.83. The van der Waals surface area contributed by atoms with Crippen LogP contribution in [-0.2, 0) is 0 Å². The molecule has 29 heavy (non-hydrogen) atoms. The van der Waals surface area contributed by atoms with E-state index in [1.54, 1.807) is 12.1 Å². The van der Waals surface area contributed by atoms with Gasteiger partial charge in [-0.2, -0.15) is 0 Å². The fourth-order valence-corrected chi connectivity index (χ4v) is 3.33. The monoisotopic (exact) mass is 465 g/mol. The van der Waals surface area contributed by atoms with Crippen molar-refractivity contribution in [3.63, 3.8) is 0 Å². The average Bonchev–Trinajstić information content (AvgIpc) is 2.68. The molecule has 0 bridgehead atoms. The van der Waals surface area contributed by atoms with Crippen molar-refractivity contribution >= 4 is 74.5 Å². The van der Waals surface area contributed by atoms with Crippen LogP contribution in [-0.4, -0.2) is 21.0 Å². The Morgan fingerprint density at radius 1 is 0.931 bits per heavy atom. The second kappa shape index (κ2) is 9.18. The molecule has 0 heterocycles. The first-order valence-electron chi connectivity index (χ1n) is 8.73. The summed E-state index contributed by atoms with van der Waals surface area (Å²) in [6, 6.07) is 20.7. The zero-order chi connectivity index (χ0) is 21.0. The minimum Gasteiger partial charge on any atom is -0.339 e. The van der Waals surface area contributed by atoms with E-state index in [0.717, 1.165) is 22.0 Å². The number of amides is 1. The maximum Gasteiger partial charge on any atom is 0.253 e. The van der Waals surface area contributed by atoms with Crippen molar-refractivity contribution in [1.29, 1.82) is 0 Å². The highest BCUT2D eigenvalue weighted by Gasteiger charge is 2.35. The number of hydrogen-bond donors (Lipinski definition) is 3. The first-order valence-corrected chi connectivity index (χ1v) is 10.3. The molecule has 0 saturated carbocycles. The van der Waals surface area contributed by atoms with Crippen molar-refractivity contribution in [1.82, 2.24) is 10.6 Å². The van der Waals surface area contributed by atoms with E-state index in [-0.39, 0.29) is 11.0 Å². The minimum atomic E-state index is -1.83. The Kier molecular flexibility index (Phi) is 6.85. The lowest BCUT2D eigenvalue weighted by Gasteiger charge is -2.28. The molecule has 1 unspecified atom stereocenters. The first kappa shape index (κ1) is 21.7. The van der Waals surface area contributed by atoms with Gasteiger partial charge >= 0.3 is 0 Å². The summed E-state index contributed by atoms with van der Waals surface area (Å²) >= 11 is 23.6. The summed E-state index contributed by atoms with van der Waals surface area (Å²) in [6.45, 7) is 1.99. The van der Waals surface area contributed by atoms with Crippen LogP contribution < -0.4 is 16.0 Å². The quantitative estimate of drug-likeness (QED) is 0.268. The molecule has 0 fully saturated rings. The molecule has 3 aromatic carbocycles. The molecular formula is C21H18Cl3N3OS. The third-order valence-electron chi connectivity index (χ3n) is 4.22. The van der Waals surface area contributed by atoms with Crippen LogP contribution in [0.15, 0.2) is 66.7 Å². The van der Waals surface area contributed by atoms with E-state index in [9.17, 15) is 4.79 Å². The third-order valence-corrected chi connectivity index (χ3v) is 5.10. The van der Waals surface area contributed by atoms with Gasteiger partial charge in [0.2, 0.25) is 3.79 Å². The van der Waals surface area contributed by atoms with Gasteiger partial charge in [-0.05, 0) is 48.1 Å². The number of carbonyl (C=O) groups excluding carboxylic acids is 1. The molecule has 1 atom stereocenters. The van der Waals surface area contributed by atoms with Gasteiger partial charge in [0.25, 0.3) is 5.91 Å². The largest absolute Gasteiger partial charge is 0.339 e. The molecule has 0 radical (unpaired) electrons. The van der Waals surface area contributed by atoms with Crippen LogP contribution in [0.5, 0.6) is 0 Å². The highest BCUT2D eigenvalue weighted by Crippen LogP contribution is 2.30. The van der Waals surface area contributed by atoms with Gasteiger partial charge in [0.1, 0.15) is 6.17 Å². The number of fused-ring (bicyclic) bond motifs is 1. The normalized spacial score (nSPS) is 12.3. The third kappa shape index (κ3) is 5.73. The highest BCUT2D eigenvalue weighted by atomic mass is 35.6. The molecule has 0 aliphatic rings. The van der Waals surface area contributed by atoms with Gasteiger partial charge in [-0.15, -0.1) is 0 Å². The summed E-state index contributed by atoms with van der Waals surface area (Å²) in [6.07, 6.45) is -1.05. The minimum absolute atomic E-state index is 0.211. The number of alkyl halides is 3. The van der Waals surface area contributed by atoms with Crippen LogP contribution in [0, 0.1) is 6.92 Å². The van der Waals surface area contributed by atoms with Gasteiger partial charge < -0.3 is 16.0 Å². The van der Waals surface area contributed by atoms with E-state index in [4.69, 9.17) is 47.0 Å². The van der Waals surface area contributed by atoms with Crippen LogP contribution in [0.4, 0.5) is 5.69 Å². The topological polar surface area (TPSA) is 53.2 Å². The average molecular weight is 467 g/mol. The molecule has 1 amide bonds. The Balaban J connectivity index is 1.76. The first-order chi connectivity index (χ1) is 13.7. The maximum absolute atomic E-state index is 12.9. The molecule has 0 aliphatic carbocycles. The van der Waals surface area contributed by atoms with Crippen molar-refractivity contribution in [3.8, 4) is 0 Å². The molecule has 0 aliphatic heterocycles. The molecule has 0 aromatic heterocycles. The van der Waals surface area contributed by atoms with Gasteiger partial charge in [-0.3, -0.25) is 4.79 Å². The zero-order valence-corrected chi connectivity index (χ0v) is 18.5. The van der Waals surface area contributed by atoms with Crippen molar-refractivity contribution < 1.29 is 4.79 Å². The Morgan fingerprint density at radius 3 is 2.28 bits per heavy atom. The standard InChI is InChI=1S/C21H18Cl3N3OS/c1-13-9-11-15(12-10-13)25-20(29)27-19(21(22,23)24)26-18(28)17-8-4-6-14-5-2-3-7-16(14)17/h2-12,19H,1H3,(H,26,28)(H2,25,27,29). The van der Waals surface area contributed by atoms with Gasteiger partial charge in [-0.1, -0.05) is 88.9 Å². The van der Waals surface area contributed by atoms with Crippen molar-refractivity contribution in [2.45, 2.75) is 16.9 Å². The highest BCUT2D eigenvalue weighted by molar-refractivity contribution is 7.80. The number of thiocarbonyl (C=S) groups is 1. The number of hydrogen-bond acceptors (Lipinski definition) is 2. The Morgan fingerprint density at radius 2 is 1.59 bits per heavy atom.